The minimum absolute atomic E-state index is 0.0800. The van der Waals surface area contributed by atoms with E-state index in [1.165, 1.54) is 37.5 Å². The molecule has 6 rings (SSSR count). The van der Waals surface area contributed by atoms with Crippen molar-refractivity contribution in [3.05, 3.63) is 82.5 Å². The lowest BCUT2D eigenvalue weighted by Gasteiger charge is -2.42. The van der Waals surface area contributed by atoms with Crippen molar-refractivity contribution in [2.45, 2.75) is 25.7 Å². The number of ketones is 2. The maximum Gasteiger partial charge on any atom is 0.488 e. The zero-order valence-electron chi connectivity index (χ0n) is 21.8. The van der Waals surface area contributed by atoms with Gasteiger partial charge < -0.3 is 19.9 Å². The summed E-state index contributed by atoms with van der Waals surface area (Å²) in [5.74, 6) is -3.93. The Bertz CT molecular complexity index is 1600. The number of phenols is 1. The largest absolute Gasteiger partial charge is 0.508 e. The van der Waals surface area contributed by atoms with Crippen LogP contribution in [-0.2, 0) is 19.2 Å². The summed E-state index contributed by atoms with van der Waals surface area (Å²) >= 11 is 0. The predicted molar refractivity (Wildman–Crippen MR) is 145 cm³/mol. The highest BCUT2D eigenvalue weighted by molar-refractivity contribution is 6.58. The van der Waals surface area contributed by atoms with E-state index in [4.69, 9.17) is 4.74 Å². The van der Waals surface area contributed by atoms with Gasteiger partial charge in [-0.15, -0.1) is 0 Å². The molecule has 3 aliphatic carbocycles. The van der Waals surface area contributed by atoms with Gasteiger partial charge in [0.15, 0.2) is 11.6 Å². The maximum absolute atomic E-state index is 14.0. The van der Waals surface area contributed by atoms with Crippen LogP contribution in [0.4, 0.5) is 5.69 Å². The number of ether oxygens (including phenoxy) is 1. The number of Topliss-reactive ketones (excluding diaryl/α,β-unsaturated/α-hetero) is 1. The number of anilines is 1. The summed E-state index contributed by atoms with van der Waals surface area (Å²) in [5.41, 5.74) is 2.34. The summed E-state index contributed by atoms with van der Waals surface area (Å²) in [4.78, 5) is 55.4. The van der Waals surface area contributed by atoms with Crippen molar-refractivity contribution in [2.75, 3.05) is 12.0 Å². The summed E-state index contributed by atoms with van der Waals surface area (Å²) in [6, 6.07) is 10.7. The molecule has 0 bridgehead atoms. The van der Waals surface area contributed by atoms with E-state index in [-0.39, 0.29) is 52.5 Å². The zero-order chi connectivity index (χ0) is 28.5. The van der Waals surface area contributed by atoms with Crippen LogP contribution in [0.15, 0.2) is 76.9 Å². The van der Waals surface area contributed by atoms with Crippen molar-refractivity contribution in [2.24, 2.45) is 17.8 Å². The fourth-order valence-corrected chi connectivity index (χ4v) is 6.69. The molecule has 4 aliphatic rings. The van der Waals surface area contributed by atoms with Crippen molar-refractivity contribution in [3.63, 3.8) is 0 Å². The number of rotatable bonds is 4. The quantitative estimate of drug-likeness (QED) is 0.231. The summed E-state index contributed by atoms with van der Waals surface area (Å²) in [5, 5.41) is 30.2. The van der Waals surface area contributed by atoms with Crippen molar-refractivity contribution in [3.8, 4) is 11.5 Å². The van der Waals surface area contributed by atoms with E-state index in [1.807, 2.05) is 6.08 Å². The fourth-order valence-electron chi connectivity index (χ4n) is 6.69. The van der Waals surface area contributed by atoms with Gasteiger partial charge in [-0.3, -0.25) is 24.1 Å². The Kier molecular flexibility index (Phi) is 6.12. The second kappa shape index (κ2) is 9.43. The molecule has 2 aromatic carbocycles. The standard InChI is InChI=1S/C30H26BNO8/c1-14-10-24(34)22-13-20-18(25(27(22)28(14)35)21-12-17(40-2)6-9-23(21)33)7-8-19-26(20)30(37)32(29(19)36)16-5-3-4-15(11-16)31(38)39/h3-7,9-12,19-20,25-26,33,38-39H,8,13H2,1-2H3. The monoisotopic (exact) mass is 539 g/mol. The number of methoxy groups -OCH3 is 1. The first-order valence-corrected chi connectivity index (χ1v) is 13.0. The molecule has 9 nitrogen and oxygen atoms in total. The molecule has 0 radical (unpaired) electrons. The Morgan fingerprint density at radius 2 is 1.77 bits per heavy atom. The minimum atomic E-state index is -1.77. The predicted octanol–water partition coefficient (Wildman–Crippen LogP) is 1.71. The second-order valence-corrected chi connectivity index (χ2v) is 10.6. The first kappa shape index (κ1) is 26.0. The SMILES string of the molecule is COc1ccc(O)c(C2C3=CCC4C(=O)N(c5cccc(B(O)O)c5)C(=O)C4C3CC3=C2C(=O)C(C)=CC3=O)c1. The zero-order valence-corrected chi connectivity index (χ0v) is 21.8. The van der Waals surface area contributed by atoms with Gasteiger partial charge in [0.25, 0.3) is 0 Å². The number of carbonyl (C=O) groups excluding carboxylic acids is 4. The summed E-state index contributed by atoms with van der Waals surface area (Å²) in [6.45, 7) is 1.58. The third-order valence-corrected chi connectivity index (χ3v) is 8.54. The van der Waals surface area contributed by atoms with Gasteiger partial charge in [0.05, 0.1) is 24.6 Å². The van der Waals surface area contributed by atoms with Crippen LogP contribution < -0.4 is 15.1 Å². The molecule has 202 valence electrons. The molecule has 1 aliphatic heterocycles. The van der Waals surface area contributed by atoms with Crippen molar-refractivity contribution in [1.29, 1.82) is 0 Å². The van der Waals surface area contributed by atoms with E-state index in [0.717, 1.165) is 4.90 Å². The number of benzene rings is 2. The molecule has 2 aromatic rings. The fraction of sp³-hybridized carbons (Fsp3) is 0.267. The molecule has 1 heterocycles. The Balaban J connectivity index is 1.49. The first-order chi connectivity index (χ1) is 19.1. The van der Waals surface area contributed by atoms with Crippen LogP contribution in [0.2, 0.25) is 0 Å². The van der Waals surface area contributed by atoms with Gasteiger partial charge >= 0.3 is 7.12 Å². The number of phenolic OH excluding ortho intramolecular Hbond substituents is 1. The van der Waals surface area contributed by atoms with Crippen LogP contribution in [-0.4, -0.2) is 52.8 Å². The number of hydrogen-bond donors (Lipinski definition) is 3. The second-order valence-electron chi connectivity index (χ2n) is 10.6. The van der Waals surface area contributed by atoms with Gasteiger partial charge in [-0.05, 0) is 67.6 Å². The van der Waals surface area contributed by atoms with Crippen LogP contribution in [0.25, 0.3) is 0 Å². The van der Waals surface area contributed by atoms with Crippen LogP contribution in [0.1, 0.15) is 31.2 Å². The number of carbonyl (C=O) groups is 4. The normalized spacial score (nSPS) is 25.8. The van der Waals surface area contributed by atoms with Gasteiger partial charge in [0.2, 0.25) is 11.8 Å². The molecule has 40 heavy (non-hydrogen) atoms. The van der Waals surface area contributed by atoms with Crippen LogP contribution in [0.5, 0.6) is 11.5 Å². The molecule has 0 spiro atoms. The van der Waals surface area contributed by atoms with Crippen LogP contribution in [0.3, 0.4) is 0 Å². The average molecular weight is 539 g/mol. The number of hydrogen-bond acceptors (Lipinski definition) is 8. The molecule has 0 saturated carbocycles. The third-order valence-electron chi connectivity index (χ3n) is 8.54. The van der Waals surface area contributed by atoms with E-state index in [2.05, 4.69) is 0 Å². The Labute approximate surface area is 230 Å². The Morgan fingerprint density at radius 3 is 2.50 bits per heavy atom. The number of imide groups is 1. The smallest absolute Gasteiger partial charge is 0.488 e. The highest BCUT2D eigenvalue weighted by atomic mass is 16.5. The lowest BCUT2D eigenvalue weighted by Crippen LogP contribution is -2.40. The van der Waals surface area contributed by atoms with Crippen molar-refractivity contribution < 1.29 is 39.1 Å². The molecule has 4 unspecified atom stereocenters. The molecule has 1 saturated heterocycles. The summed E-state index contributed by atoms with van der Waals surface area (Å²) in [7, 11) is -0.283. The topological polar surface area (TPSA) is 141 Å². The first-order valence-electron chi connectivity index (χ1n) is 13.0. The molecule has 3 N–H and O–H groups in total. The number of nitrogens with zero attached hydrogens (tertiary/aromatic N) is 1. The summed E-state index contributed by atoms with van der Waals surface area (Å²) in [6.07, 6.45) is 3.52. The van der Waals surface area contributed by atoms with Gasteiger partial charge in [-0.25, -0.2) is 0 Å². The molecule has 2 amide bonds. The van der Waals surface area contributed by atoms with E-state index in [0.29, 0.717) is 22.5 Å². The third kappa shape index (κ3) is 3.78. The van der Waals surface area contributed by atoms with E-state index in [9.17, 15) is 34.3 Å². The number of amides is 2. The molecule has 0 aromatic heterocycles. The number of allylic oxidation sites excluding steroid dienone is 6. The lowest BCUT2D eigenvalue weighted by atomic mass is 9.59. The van der Waals surface area contributed by atoms with Gasteiger partial charge in [-0.1, -0.05) is 23.8 Å². The molecule has 10 heteroatoms. The van der Waals surface area contributed by atoms with Gasteiger partial charge in [-0.2, -0.15) is 0 Å². The molecular formula is C30H26BNO8. The maximum atomic E-state index is 14.0. The Morgan fingerprint density at radius 1 is 1.00 bits per heavy atom. The minimum Gasteiger partial charge on any atom is -0.508 e. The average Bonchev–Trinajstić information content (AvgIpc) is 3.20. The molecule has 4 atom stereocenters. The van der Waals surface area contributed by atoms with Crippen LogP contribution >= 0.6 is 0 Å². The van der Waals surface area contributed by atoms with Crippen molar-refractivity contribution in [1.82, 2.24) is 0 Å². The van der Waals surface area contributed by atoms with Gasteiger partial charge in [0.1, 0.15) is 11.5 Å². The van der Waals surface area contributed by atoms with Gasteiger partial charge in [0, 0.05) is 28.2 Å². The lowest BCUT2D eigenvalue weighted by molar-refractivity contribution is -0.123. The highest BCUT2D eigenvalue weighted by Gasteiger charge is 2.57. The number of aromatic hydroxyl groups is 1. The highest BCUT2D eigenvalue weighted by Crippen LogP contribution is 2.56. The van der Waals surface area contributed by atoms with E-state index < -0.39 is 42.6 Å². The van der Waals surface area contributed by atoms with E-state index >= 15 is 0 Å². The van der Waals surface area contributed by atoms with E-state index in [1.54, 1.807) is 25.1 Å². The van der Waals surface area contributed by atoms with Crippen molar-refractivity contribution >= 4 is 41.6 Å². The molecular weight excluding hydrogens is 513 g/mol. The molecule has 1 fully saturated rings. The Hall–Kier alpha value is -4.28. The number of fused-ring (bicyclic) bond motifs is 3. The van der Waals surface area contributed by atoms with Crippen LogP contribution in [0, 0.1) is 17.8 Å². The summed E-state index contributed by atoms with van der Waals surface area (Å²) < 4.78 is 5.38.